The zero-order chi connectivity index (χ0) is 18.6. The van der Waals surface area contributed by atoms with E-state index in [2.05, 4.69) is 20.3 Å². The average molecular weight is 372 g/mol. The molecular weight excluding hydrogens is 356 g/mol. The second-order valence-electron chi connectivity index (χ2n) is 5.93. The van der Waals surface area contributed by atoms with Crippen LogP contribution in [-0.4, -0.2) is 20.9 Å². The number of nitrogens with one attached hydrogen (secondary N) is 1. The summed E-state index contributed by atoms with van der Waals surface area (Å²) in [6, 6.07) is 17.3. The number of amides is 1. The van der Waals surface area contributed by atoms with E-state index in [4.69, 9.17) is 0 Å². The van der Waals surface area contributed by atoms with Crippen molar-refractivity contribution in [2.45, 2.75) is 6.92 Å². The molecule has 0 saturated carbocycles. The van der Waals surface area contributed by atoms with Gasteiger partial charge in [-0.1, -0.05) is 30.3 Å². The monoisotopic (exact) mass is 372 g/mol. The van der Waals surface area contributed by atoms with Crippen molar-refractivity contribution in [1.82, 2.24) is 15.0 Å². The fourth-order valence-corrected chi connectivity index (χ4v) is 3.43. The minimum atomic E-state index is -0.216. The van der Waals surface area contributed by atoms with Crippen molar-refractivity contribution in [3.8, 4) is 22.5 Å². The molecule has 1 aromatic carbocycles. The fourth-order valence-electron chi connectivity index (χ4n) is 2.71. The molecule has 132 valence electrons. The number of carbonyl (C=O) groups excluding carboxylic acids is 1. The molecule has 0 radical (unpaired) electrons. The van der Waals surface area contributed by atoms with Crippen LogP contribution in [0.4, 0.5) is 5.13 Å². The molecule has 3 heterocycles. The summed E-state index contributed by atoms with van der Waals surface area (Å²) >= 11 is 1.38. The summed E-state index contributed by atoms with van der Waals surface area (Å²) in [6.45, 7) is 1.84. The Hall–Kier alpha value is -3.38. The highest BCUT2D eigenvalue weighted by Gasteiger charge is 2.14. The molecule has 6 heteroatoms. The summed E-state index contributed by atoms with van der Waals surface area (Å²) in [4.78, 5) is 25.8. The van der Waals surface area contributed by atoms with Crippen LogP contribution in [0, 0.1) is 6.92 Å². The Morgan fingerprint density at radius 2 is 1.74 bits per heavy atom. The first kappa shape index (κ1) is 17.1. The summed E-state index contributed by atoms with van der Waals surface area (Å²) < 4.78 is 0. The number of rotatable bonds is 4. The highest BCUT2D eigenvalue weighted by atomic mass is 32.1. The Morgan fingerprint density at radius 1 is 0.926 bits per heavy atom. The maximum absolute atomic E-state index is 12.6. The van der Waals surface area contributed by atoms with Crippen LogP contribution in [0.25, 0.3) is 22.5 Å². The van der Waals surface area contributed by atoms with Gasteiger partial charge in [0.25, 0.3) is 5.91 Å². The lowest BCUT2D eigenvalue weighted by Gasteiger charge is -2.07. The first-order valence-corrected chi connectivity index (χ1v) is 9.29. The van der Waals surface area contributed by atoms with E-state index >= 15 is 0 Å². The molecule has 0 saturated heterocycles. The topological polar surface area (TPSA) is 67.8 Å². The number of anilines is 1. The first-order chi connectivity index (χ1) is 13.2. The number of pyridine rings is 2. The number of hydrogen-bond donors (Lipinski definition) is 1. The SMILES string of the molecule is Cc1nc(-c2ccccc2)ccc1C(=O)Nc1nc(-c2cccnc2)cs1. The van der Waals surface area contributed by atoms with Gasteiger partial charge in [0, 0.05) is 28.9 Å². The van der Waals surface area contributed by atoms with Gasteiger partial charge >= 0.3 is 0 Å². The molecule has 0 aliphatic carbocycles. The van der Waals surface area contributed by atoms with Crippen LogP contribution in [0.3, 0.4) is 0 Å². The summed E-state index contributed by atoms with van der Waals surface area (Å²) in [5.41, 5.74) is 4.79. The van der Waals surface area contributed by atoms with Crippen LogP contribution in [0.15, 0.2) is 72.4 Å². The number of carbonyl (C=O) groups is 1. The van der Waals surface area contributed by atoms with Gasteiger partial charge < -0.3 is 0 Å². The summed E-state index contributed by atoms with van der Waals surface area (Å²) in [6.07, 6.45) is 3.46. The Labute approximate surface area is 160 Å². The zero-order valence-electron chi connectivity index (χ0n) is 14.6. The van der Waals surface area contributed by atoms with Gasteiger partial charge in [0.15, 0.2) is 5.13 Å². The van der Waals surface area contributed by atoms with E-state index in [9.17, 15) is 4.79 Å². The van der Waals surface area contributed by atoms with E-state index in [1.54, 1.807) is 18.5 Å². The molecule has 3 aromatic heterocycles. The maximum Gasteiger partial charge on any atom is 0.259 e. The smallest absolute Gasteiger partial charge is 0.259 e. The Kier molecular flexibility index (Phi) is 4.72. The number of hydrogen-bond acceptors (Lipinski definition) is 5. The molecular formula is C21H16N4OS. The van der Waals surface area contributed by atoms with Crippen LogP contribution in [0.1, 0.15) is 16.1 Å². The molecule has 4 aromatic rings. The predicted molar refractivity (Wildman–Crippen MR) is 108 cm³/mol. The number of thiazole rings is 1. The van der Waals surface area contributed by atoms with Crippen molar-refractivity contribution in [2.24, 2.45) is 0 Å². The average Bonchev–Trinajstić information content (AvgIpc) is 3.17. The molecule has 1 amide bonds. The van der Waals surface area contributed by atoms with Crippen LogP contribution in [-0.2, 0) is 0 Å². The van der Waals surface area contributed by atoms with Gasteiger partial charge in [-0.25, -0.2) is 4.98 Å². The maximum atomic E-state index is 12.6. The number of nitrogens with zero attached hydrogens (tertiary/aromatic N) is 3. The van der Waals surface area contributed by atoms with Gasteiger partial charge in [0.1, 0.15) is 0 Å². The molecule has 0 fully saturated rings. The fraction of sp³-hybridized carbons (Fsp3) is 0.0476. The lowest BCUT2D eigenvalue weighted by atomic mass is 10.1. The minimum absolute atomic E-state index is 0.216. The molecule has 0 atom stereocenters. The molecule has 0 bridgehead atoms. The summed E-state index contributed by atoms with van der Waals surface area (Å²) in [5, 5.41) is 5.30. The Bertz CT molecular complexity index is 1080. The normalized spacial score (nSPS) is 10.6. The molecule has 27 heavy (non-hydrogen) atoms. The Balaban J connectivity index is 1.53. The molecule has 4 rings (SSSR count). The van der Waals surface area contributed by atoms with Crippen LogP contribution in [0.5, 0.6) is 0 Å². The van der Waals surface area contributed by atoms with Crippen LogP contribution >= 0.6 is 11.3 Å². The van der Waals surface area contributed by atoms with Crippen molar-refractivity contribution in [3.63, 3.8) is 0 Å². The zero-order valence-corrected chi connectivity index (χ0v) is 15.4. The van der Waals surface area contributed by atoms with E-state index in [0.29, 0.717) is 16.4 Å². The first-order valence-electron chi connectivity index (χ1n) is 8.41. The van der Waals surface area contributed by atoms with Gasteiger partial charge in [-0.05, 0) is 31.2 Å². The lowest BCUT2D eigenvalue weighted by molar-refractivity contribution is 0.102. The molecule has 0 aliphatic rings. The summed E-state index contributed by atoms with van der Waals surface area (Å²) in [5.74, 6) is -0.216. The molecule has 0 aliphatic heterocycles. The third-order valence-electron chi connectivity index (χ3n) is 4.08. The van der Waals surface area contributed by atoms with Gasteiger partial charge in [0.05, 0.1) is 22.6 Å². The highest BCUT2D eigenvalue weighted by Crippen LogP contribution is 2.25. The molecule has 0 unspecified atom stereocenters. The molecule has 1 N–H and O–H groups in total. The minimum Gasteiger partial charge on any atom is -0.298 e. The van der Waals surface area contributed by atoms with Crippen molar-refractivity contribution in [3.05, 3.63) is 83.6 Å². The molecule has 5 nitrogen and oxygen atoms in total. The standard InChI is InChI=1S/C21H16N4OS/c1-14-17(9-10-18(23-14)15-6-3-2-4-7-15)20(26)25-21-24-19(13-27-21)16-8-5-11-22-12-16/h2-13H,1H3,(H,24,25,26). The van der Waals surface area contributed by atoms with Gasteiger partial charge in [-0.15, -0.1) is 11.3 Å². The van der Waals surface area contributed by atoms with Gasteiger partial charge in [-0.3, -0.25) is 20.1 Å². The lowest BCUT2D eigenvalue weighted by Crippen LogP contribution is -2.14. The second-order valence-corrected chi connectivity index (χ2v) is 6.79. The largest absolute Gasteiger partial charge is 0.298 e. The third-order valence-corrected chi connectivity index (χ3v) is 4.84. The predicted octanol–water partition coefficient (Wildman–Crippen LogP) is 4.83. The van der Waals surface area contributed by atoms with E-state index in [0.717, 1.165) is 22.5 Å². The van der Waals surface area contributed by atoms with Crippen molar-refractivity contribution in [1.29, 1.82) is 0 Å². The van der Waals surface area contributed by atoms with Crippen molar-refractivity contribution in [2.75, 3.05) is 5.32 Å². The van der Waals surface area contributed by atoms with Crippen molar-refractivity contribution >= 4 is 22.4 Å². The third kappa shape index (κ3) is 3.75. The van der Waals surface area contributed by atoms with E-state index in [-0.39, 0.29) is 5.91 Å². The van der Waals surface area contributed by atoms with E-state index < -0.39 is 0 Å². The van der Waals surface area contributed by atoms with E-state index in [1.165, 1.54) is 11.3 Å². The highest BCUT2D eigenvalue weighted by molar-refractivity contribution is 7.14. The summed E-state index contributed by atoms with van der Waals surface area (Å²) in [7, 11) is 0. The van der Waals surface area contributed by atoms with Gasteiger partial charge in [-0.2, -0.15) is 0 Å². The van der Waals surface area contributed by atoms with Crippen LogP contribution < -0.4 is 5.32 Å². The van der Waals surface area contributed by atoms with Gasteiger partial charge in [0.2, 0.25) is 0 Å². The van der Waals surface area contributed by atoms with Crippen LogP contribution in [0.2, 0.25) is 0 Å². The van der Waals surface area contributed by atoms with Crippen molar-refractivity contribution < 1.29 is 4.79 Å². The van der Waals surface area contributed by atoms with E-state index in [1.807, 2.05) is 60.8 Å². The molecule has 0 spiro atoms. The Morgan fingerprint density at radius 3 is 2.48 bits per heavy atom. The number of aromatic nitrogens is 3. The quantitative estimate of drug-likeness (QED) is 0.557. The number of benzene rings is 1. The number of aryl methyl sites for hydroxylation is 1. The second kappa shape index (κ2) is 7.47.